The van der Waals surface area contributed by atoms with Crippen molar-refractivity contribution in [2.45, 2.75) is 32.7 Å². The Hall–Kier alpha value is -2.62. The molecule has 0 aromatic heterocycles. The predicted octanol–water partition coefficient (Wildman–Crippen LogP) is 3.64. The molecule has 0 fully saturated rings. The Morgan fingerprint density at radius 1 is 1.04 bits per heavy atom. The van der Waals surface area contributed by atoms with E-state index in [4.69, 9.17) is 5.11 Å². The summed E-state index contributed by atoms with van der Waals surface area (Å²) in [7, 11) is 0. The van der Waals surface area contributed by atoms with Crippen LogP contribution in [0.3, 0.4) is 0 Å². The van der Waals surface area contributed by atoms with E-state index in [-0.39, 0.29) is 18.4 Å². The van der Waals surface area contributed by atoms with Crippen LogP contribution in [0.2, 0.25) is 0 Å². The summed E-state index contributed by atoms with van der Waals surface area (Å²) < 4.78 is 0. The number of aryl methyl sites for hydroxylation is 1. The third-order valence-electron chi connectivity index (χ3n) is 4.00. The number of benzene rings is 2. The van der Waals surface area contributed by atoms with Gasteiger partial charge in [0.1, 0.15) is 0 Å². The maximum Gasteiger partial charge on any atom is 0.303 e. The molecule has 0 saturated heterocycles. The van der Waals surface area contributed by atoms with Crippen LogP contribution in [-0.2, 0) is 4.79 Å². The molecule has 4 nitrogen and oxygen atoms in total. The number of rotatable bonds is 6. The number of amides is 1. The minimum Gasteiger partial charge on any atom is -0.481 e. The fourth-order valence-corrected chi connectivity index (χ4v) is 2.51. The molecule has 0 spiro atoms. The molecular formula is C19H21NO3. The highest BCUT2D eigenvalue weighted by Gasteiger charge is 2.18. The van der Waals surface area contributed by atoms with Gasteiger partial charge in [0.15, 0.2) is 0 Å². The highest BCUT2D eigenvalue weighted by molar-refractivity contribution is 5.96. The van der Waals surface area contributed by atoms with Gasteiger partial charge >= 0.3 is 5.97 Å². The normalized spacial score (nSPS) is 11.7. The lowest BCUT2D eigenvalue weighted by Gasteiger charge is -2.19. The second kappa shape index (κ2) is 7.58. The molecule has 1 atom stereocenters. The lowest BCUT2D eigenvalue weighted by molar-refractivity contribution is -0.137. The first-order valence-corrected chi connectivity index (χ1v) is 7.63. The molecular weight excluding hydrogens is 290 g/mol. The zero-order valence-electron chi connectivity index (χ0n) is 13.4. The van der Waals surface area contributed by atoms with Gasteiger partial charge in [-0.1, -0.05) is 42.5 Å². The van der Waals surface area contributed by atoms with Crippen molar-refractivity contribution in [1.29, 1.82) is 0 Å². The Kier molecular flexibility index (Phi) is 5.52. The fourth-order valence-electron chi connectivity index (χ4n) is 2.51. The summed E-state index contributed by atoms with van der Waals surface area (Å²) in [5.74, 6) is -1.04. The highest BCUT2D eigenvalue weighted by atomic mass is 16.4. The monoisotopic (exact) mass is 311 g/mol. The molecule has 2 rings (SSSR count). The number of carboxylic acids is 1. The van der Waals surface area contributed by atoms with Gasteiger partial charge in [0, 0.05) is 12.0 Å². The molecule has 1 unspecified atom stereocenters. The first-order valence-electron chi connectivity index (χ1n) is 7.63. The molecule has 0 heterocycles. The second-order valence-electron chi connectivity index (χ2n) is 5.62. The third kappa shape index (κ3) is 4.42. The number of carbonyl (C=O) groups excluding carboxylic acids is 1. The van der Waals surface area contributed by atoms with Crippen LogP contribution in [-0.4, -0.2) is 17.0 Å². The summed E-state index contributed by atoms with van der Waals surface area (Å²) in [6, 6.07) is 14.7. The maximum atomic E-state index is 12.6. The number of aliphatic carboxylic acids is 1. The lowest BCUT2D eigenvalue weighted by atomic mass is 9.99. The average Bonchev–Trinajstić information content (AvgIpc) is 2.54. The molecule has 4 heteroatoms. The van der Waals surface area contributed by atoms with E-state index in [2.05, 4.69) is 5.32 Å². The van der Waals surface area contributed by atoms with Gasteiger partial charge in [-0.3, -0.25) is 9.59 Å². The molecule has 0 radical (unpaired) electrons. The first kappa shape index (κ1) is 16.7. The standard InChI is InChI=1S/C19H21NO3/c1-13-7-6-10-16(14(13)2)19(23)20-17(11-12-18(21)22)15-8-4-3-5-9-15/h3-10,17H,11-12H2,1-2H3,(H,20,23)(H,21,22). The number of hydrogen-bond donors (Lipinski definition) is 2. The fraction of sp³-hybridized carbons (Fsp3) is 0.263. The second-order valence-corrected chi connectivity index (χ2v) is 5.62. The number of carbonyl (C=O) groups is 2. The number of nitrogens with one attached hydrogen (secondary N) is 1. The van der Waals surface area contributed by atoms with E-state index in [9.17, 15) is 9.59 Å². The molecule has 2 N–H and O–H groups in total. The van der Waals surface area contributed by atoms with Crippen LogP contribution in [0, 0.1) is 13.8 Å². The molecule has 0 aliphatic heterocycles. The Morgan fingerprint density at radius 2 is 1.74 bits per heavy atom. The molecule has 2 aromatic rings. The van der Waals surface area contributed by atoms with E-state index in [1.165, 1.54) is 0 Å². The van der Waals surface area contributed by atoms with Crippen LogP contribution in [0.5, 0.6) is 0 Å². The Labute approximate surface area is 136 Å². The van der Waals surface area contributed by atoms with Crippen LogP contribution >= 0.6 is 0 Å². The van der Waals surface area contributed by atoms with Gasteiger partial charge in [-0.05, 0) is 43.0 Å². The summed E-state index contributed by atoms with van der Waals surface area (Å²) in [5, 5.41) is 11.9. The number of hydrogen-bond acceptors (Lipinski definition) is 2. The van der Waals surface area contributed by atoms with E-state index in [1.54, 1.807) is 6.07 Å². The van der Waals surface area contributed by atoms with Gasteiger partial charge in [-0.2, -0.15) is 0 Å². The molecule has 2 aromatic carbocycles. The first-order chi connectivity index (χ1) is 11.0. The summed E-state index contributed by atoms with van der Waals surface area (Å²) in [5.41, 5.74) is 3.53. The van der Waals surface area contributed by atoms with Crippen LogP contribution < -0.4 is 5.32 Å². The zero-order valence-corrected chi connectivity index (χ0v) is 13.4. The Balaban J connectivity index is 2.21. The highest BCUT2D eigenvalue weighted by Crippen LogP contribution is 2.20. The van der Waals surface area contributed by atoms with Crippen molar-refractivity contribution in [2.75, 3.05) is 0 Å². The van der Waals surface area contributed by atoms with Gasteiger partial charge in [0.25, 0.3) is 5.91 Å². The van der Waals surface area contributed by atoms with E-state index in [1.807, 2.05) is 56.3 Å². The topological polar surface area (TPSA) is 66.4 Å². The SMILES string of the molecule is Cc1cccc(C(=O)NC(CCC(=O)O)c2ccccc2)c1C. The van der Waals surface area contributed by atoms with Crippen molar-refractivity contribution in [3.8, 4) is 0 Å². The van der Waals surface area contributed by atoms with Crippen LogP contribution in [0.25, 0.3) is 0 Å². The van der Waals surface area contributed by atoms with Crippen molar-refractivity contribution in [1.82, 2.24) is 5.32 Å². The van der Waals surface area contributed by atoms with Gasteiger partial charge in [0.05, 0.1) is 6.04 Å². The van der Waals surface area contributed by atoms with Crippen molar-refractivity contribution in [2.24, 2.45) is 0 Å². The third-order valence-corrected chi connectivity index (χ3v) is 4.00. The summed E-state index contributed by atoms with van der Waals surface area (Å²) >= 11 is 0. The van der Waals surface area contributed by atoms with E-state index >= 15 is 0 Å². The Bertz CT molecular complexity index is 695. The van der Waals surface area contributed by atoms with Crippen molar-refractivity contribution < 1.29 is 14.7 Å². The molecule has 1 amide bonds. The molecule has 23 heavy (non-hydrogen) atoms. The maximum absolute atomic E-state index is 12.6. The van der Waals surface area contributed by atoms with Gasteiger partial charge in [-0.15, -0.1) is 0 Å². The largest absolute Gasteiger partial charge is 0.481 e. The summed E-state index contributed by atoms with van der Waals surface area (Å²) in [4.78, 5) is 23.5. The summed E-state index contributed by atoms with van der Waals surface area (Å²) in [6.07, 6.45) is 0.364. The molecule has 0 bridgehead atoms. The van der Waals surface area contributed by atoms with Crippen molar-refractivity contribution in [3.63, 3.8) is 0 Å². The average molecular weight is 311 g/mol. The predicted molar refractivity (Wildman–Crippen MR) is 89.4 cm³/mol. The van der Waals surface area contributed by atoms with Crippen LogP contribution in [0.15, 0.2) is 48.5 Å². The molecule has 0 aliphatic carbocycles. The molecule has 120 valence electrons. The Morgan fingerprint density at radius 3 is 2.39 bits per heavy atom. The molecule has 0 aliphatic rings. The van der Waals surface area contributed by atoms with Crippen molar-refractivity contribution >= 4 is 11.9 Å². The summed E-state index contributed by atoms with van der Waals surface area (Å²) in [6.45, 7) is 3.88. The van der Waals surface area contributed by atoms with E-state index in [0.29, 0.717) is 12.0 Å². The zero-order chi connectivity index (χ0) is 16.8. The minimum atomic E-state index is -0.869. The minimum absolute atomic E-state index is 0.00659. The van der Waals surface area contributed by atoms with Crippen LogP contribution in [0.1, 0.15) is 45.9 Å². The van der Waals surface area contributed by atoms with E-state index in [0.717, 1.165) is 16.7 Å². The van der Waals surface area contributed by atoms with Gasteiger partial charge < -0.3 is 10.4 Å². The quantitative estimate of drug-likeness (QED) is 0.856. The lowest BCUT2D eigenvalue weighted by Crippen LogP contribution is -2.29. The molecule has 0 saturated carbocycles. The van der Waals surface area contributed by atoms with Crippen LogP contribution in [0.4, 0.5) is 0 Å². The number of carboxylic acid groups (broad SMARTS) is 1. The van der Waals surface area contributed by atoms with Gasteiger partial charge in [-0.25, -0.2) is 0 Å². The van der Waals surface area contributed by atoms with Gasteiger partial charge in [0.2, 0.25) is 0 Å². The van der Waals surface area contributed by atoms with E-state index < -0.39 is 5.97 Å². The smallest absolute Gasteiger partial charge is 0.303 e. The van der Waals surface area contributed by atoms with Crippen molar-refractivity contribution in [3.05, 3.63) is 70.8 Å².